The summed E-state index contributed by atoms with van der Waals surface area (Å²) >= 11 is 4.87. The molecule has 0 saturated heterocycles. The molecule has 3 N–H and O–H groups in total. The van der Waals surface area contributed by atoms with Crippen LogP contribution in [0.1, 0.15) is 12.7 Å². The molecule has 0 bridgehead atoms. The van der Waals surface area contributed by atoms with Crippen LogP contribution in [0.5, 0.6) is 0 Å². The highest BCUT2D eigenvalue weighted by atomic mass is 32.1. The summed E-state index contributed by atoms with van der Waals surface area (Å²) in [5.74, 6) is 0.573. The number of furan rings is 1. The maximum absolute atomic E-state index is 10.5. The van der Waals surface area contributed by atoms with Crippen molar-refractivity contribution in [1.29, 1.82) is 0 Å². The SMILES string of the molecule is CC(=O)NNC(=S)NCc1ccco1. The molecule has 5 nitrogen and oxygen atoms in total. The van der Waals surface area contributed by atoms with Crippen LogP contribution in [-0.2, 0) is 11.3 Å². The third-order valence-electron chi connectivity index (χ3n) is 1.36. The van der Waals surface area contributed by atoms with Gasteiger partial charge in [0.05, 0.1) is 12.8 Å². The van der Waals surface area contributed by atoms with Gasteiger partial charge in [-0.2, -0.15) is 0 Å². The second kappa shape index (κ2) is 5.23. The molecule has 6 heteroatoms. The van der Waals surface area contributed by atoms with E-state index in [2.05, 4.69) is 16.2 Å². The molecule has 0 aliphatic rings. The van der Waals surface area contributed by atoms with Crippen molar-refractivity contribution in [1.82, 2.24) is 16.2 Å². The third kappa shape index (κ3) is 3.90. The number of nitrogens with one attached hydrogen (secondary N) is 3. The van der Waals surface area contributed by atoms with E-state index >= 15 is 0 Å². The quantitative estimate of drug-likeness (QED) is 0.487. The zero-order valence-corrected chi connectivity index (χ0v) is 8.48. The van der Waals surface area contributed by atoms with Crippen LogP contribution in [0.3, 0.4) is 0 Å². The molecule has 1 rings (SSSR count). The Bertz CT molecular complexity index is 310. The van der Waals surface area contributed by atoms with Crippen LogP contribution in [0.2, 0.25) is 0 Å². The van der Waals surface area contributed by atoms with Crippen molar-refractivity contribution in [3.63, 3.8) is 0 Å². The van der Waals surface area contributed by atoms with Crippen LogP contribution in [-0.4, -0.2) is 11.0 Å². The van der Waals surface area contributed by atoms with Gasteiger partial charge in [-0.25, -0.2) is 0 Å². The molecular weight excluding hydrogens is 202 g/mol. The first-order chi connectivity index (χ1) is 6.68. The van der Waals surface area contributed by atoms with Gasteiger partial charge in [0, 0.05) is 6.92 Å². The molecule has 0 unspecified atom stereocenters. The lowest BCUT2D eigenvalue weighted by Crippen LogP contribution is -2.45. The molecule has 1 heterocycles. The predicted octanol–water partition coefficient (Wildman–Crippen LogP) is 0.295. The van der Waals surface area contributed by atoms with E-state index in [1.165, 1.54) is 6.92 Å². The maximum Gasteiger partial charge on any atom is 0.235 e. The van der Waals surface area contributed by atoms with Gasteiger partial charge in [0.1, 0.15) is 5.76 Å². The summed E-state index contributed by atoms with van der Waals surface area (Å²) in [6.07, 6.45) is 1.58. The first-order valence-electron chi connectivity index (χ1n) is 4.01. The molecule has 0 fully saturated rings. The third-order valence-corrected chi connectivity index (χ3v) is 1.60. The topological polar surface area (TPSA) is 66.3 Å². The molecule has 0 aliphatic carbocycles. The molecule has 76 valence electrons. The summed E-state index contributed by atoms with van der Waals surface area (Å²) in [6, 6.07) is 3.62. The Morgan fingerprint density at radius 2 is 2.36 bits per heavy atom. The van der Waals surface area contributed by atoms with Gasteiger partial charge in [-0.05, 0) is 24.4 Å². The van der Waals surface area contributed by atoms with E-state index in [0.29, 0.717) is 11.7 Å². The monoisotopic (exact) mass is 213 g/mol. The van der Waals surface area contributed by atoms with Crippen LogP contribution in [0.4, 0.5) is 0 Å². The van der Waals surface area contributed by atoms with Crippen molar-refractivity contribution in [2.75, 3.05) is 0 Å². The maximum atomic E-state index is 10.5. The molecule has 1 aromatic heterocycles. The molecule has 0 spiro atoms. The van der Waals surface area contributed by atoms with Gasteiger partial charge in [0.25, 0.3) is 0 Å². The van der Waals surface area contributed by atoms with Gasteiger partial charge in [-0.15, -0.1) is 0 Å². The number of rotatable bonds is 2. The molecular formula is C8H11N3O2S. The Balaban J connectivity index is 2.18. The van der Waals surface area contributed by atoms with Gasteiger partial charge < -0.3 is 9.73 Å². The van der Waals surface area contributed by atoms with E-state index in [4.69, 9.17) is 16.6 Å². The predicted molar refractivity (Wildman–Crippen MR) is 55.1 cm³/mol. The minimum Gasteiger partial charge on any atom is -0.467 e. The van der Waals surface area contributed by atoms with Crippen LogP contribution >= 0.6 is 12.2 Å². The van der Waals surface area contributed by atoms with E-state index in [-0.39, 0.29) is 5.91 Å². The number of carbonyl (C=O) groups is 1. The van der Waals surface area contributed by atoms with Crippen LogP contribution in [0.25, 0.3) is 0 Å². The van der Waals surface area contributed by atoms with E-state index in [1.807, 2.05) is 6.07 Å². The molecule has 1 amide bonds. The second-order valence-electron chi connectivity index (χ2n) is 2.57. The molecule has 0 aliphatic heterocycles. The molecule has 0 saturated carbocycles. The van der Waals surface area contributed by atoms with Gasteiger partial charge in [0.15, 0.2) is 5.11 Å². The van der Waals surface area contributed by atoms with E-state index in [0.717, 1.165) is 5.76 Å². The standard InChI is InChI=1S/C8H11N3O2S/c1-6(12)10-11-8(14)9-5-7-3-2-4-13-7/h2-4H,5H2,1H3,(H,10,12)(H2,9,11,14). The highest BCUT2D eigenvalue weighted by Crippen LogP contribution is 1.97. The van der Waals surface area contributed by atoms with Gasteiger partial charge >= 0.3 is 0 Å². The van der Waals surface area contributed by atoms with E-state index in [9.17, 15) is 4.79 Å². The van der Waals surface area contributed by atoms with Crippen molar-refractivity contribution in [3.05, 3.63) is 24.2 Å². The number of hydrogen-bond acceptors (Lipinski definition) is 3. The van der Waals surface area contributed by atoms with Crippen molar-refractivity contribution in [2.45, 2.75) is 13.5 Å². The summed E-state index contributed by atoms with van der Waals surface area (Å²) in [4.78, 5) is 10.5. The highest BCUT2D eigenvalue weighted by molar-refractivity contribution is 7.80. The average Bonchev–Trinajstić information content (AvgIpc) is 2.63. The summed E-state index contributed by atoms with van der Waals surface area (Å²) in [6.45, 7) is 1.88. The molecule has 14 heavy (non-hydrogen) atoms. The Labute approximate surface area is 86.8 Å². The Morgan fingerprint density at radius 1 is 1.57 bits per heavy atom. The summed E-state index contributed by atoms with van der Waals surface area (Å²) in [5, 5.41) is 3.20. The van der Waals surface area contributed by atoms with E-state index in [1.54, 1.807) is 12.3 Å². The lowest BCUT2D eigenvalue weighted by atomic mass is 10.4. The van der Waals surface area contributed by atoms with Gasteiger partial charge in [-0.1, -0.05) is 0 Å². The summed E-state index contributed by atoms with van der Waals surface area (Å²) < 4.78 is 5.07. The number of thiocarbonyl (C=S) groups is 1. The first kappa shape index (κ1) is 10.5. The fourth-order valence-corrected chi connectivity index (χ4v) is 0.893. The number of carbonyl (C=O) groups excluding carboxylic acids is 1. The summed E-state index contributed by atoms with van der Waals surface area (Å²) in [5.41, 5.74) is 4.88. The van der Waals surface area contributed by atoms with Gasteiger partial charge in [-0.3, -0.25) is 15.6 Å². The fraction of sp³-hybridized carbons (Fsp3) is 0.250. The zero-order chi connectivity index (χ0) is 10.4. The van der Waals surface area contributed by atoms with Crippen LogP contribution < -0.4 is 16.2 Å². The lowest BCUT2D eigenvalue weighted by molar-refractivity contribution is -0.119. The molecule has 0 radical (unpaired) electrons. The fourth-order valence-electron chi connectivity index (χ4n) is 0.770. The second-order valence-corrected chi connectivity index (χ2v) is 2.98. The van der Waals surface area contributed by atoms with Crippen molar-refractivity contribution in [2.24, 2.45) is 0 Å². The number of hydrazine groups is 1. The number of amides is 1. The Kier molecular flexibility index (Phi) is 3.93. The van der Waals surface area contributed by atoms with Crippen LogP contribution in [0.15, 0.2) is 22.8 Å². The Hall–Kier alpha value is -1.56. The normalized spacial score (nSPS) is 9.21. The molecule has 0 aromatic carbocycles. The van der Waals surface area contributed by atoms with Crippen LogP contribution in [0, 0.1) is 0 Å². The van der Waals surface area contributed by atoms with Crippen molar-refractivity contribution in [3.8, 4) is 0 Å². The van der Waals surface area contributed by atoms with Gasteiger partial charge in [0.2, 0.25) is 5.91 Å². The minimum atomic E-state index is -0.202. The summed E-state index contributed by atoms with van der Waals surface area (Å²) in [7, 11) is 0. The Morgan fingerprint density at radius 3 is 2.93 bits per heavy atom. The minimum absolute atomic E-state index is 0.202. The largest absolute Gasteiger partial charge is 0.467 e. The average molecular weight is 213 g/mol. The first-order valence-corrected chi connectivity index (χ1v) is 4.42. The zero-order valence-electron chi connectivity index (χ0n) is 7.66. The highest BCUT2D eigenvalue weighted by Gasteiger charge is 1.97. The number of hydrogen-bond donors (Lipinski definition) is 3. The lowest BCUT2D eigenvalue weighted by Gasteiger charge is -2.08. The van der Waals surface area contributed by atoms with Crippen molar-refractivity contribution < 1.29 is 9.21 Å². The smallest absolute Gasteiger partial charge is 0.235 e. The molecule has 0 atom stereocenters. The van der Waals surface area contributed by atoms with E-state index < -0.39 is 0 Å². The van der Waals surface area contributed by atoms with Crippen molar-refractivity contribution >= 4 is 23.2 Å². The molecule has 1 aromatic rings.